The monoisotopic (exact) mass is 432 g/mol. The molecular weight excluding hydrogens is 404 g/mol. The third kappa shape index (κ3) is 4.14. The topological polar surface area (TPSA) is 99.0 Å². The van der Waals surface area contributed by atoms with E-state index in [9.17, 15) is 10.1 Å². The van der Waals surface area contributed by atoms with E-state index in [1.165, 1.54) is 5.56 Å². The molecule has 0 spiro atoms. The number of aromatic amines is 1. The summed E-state index contributed by atoms with van der Waals surface area (Å²) in [6.45, 7) is 4.28. The lowest BCUT2D eigenvalue weighted by molar-refractivity contribution is 0.0342. The first-order valence-corrected chi connectivity index (χ1v) is 11.4. The lowest BCUT2D eigenvalue weighted by atomic mass is 9.85. The number of nitriles is 1. The summed E-state index contributed by atoms with van der Waals surface area (Å²) in [4.78, 5) is 17.9. The molecule has 1 saturated heterocycles. The highest BCUT2D eigenvalue weighted by atomic mass is 16.5. The minimum Gasteiger partial charge on any atom is -0.379 e. The molecule has 0 unspecified atom stereocenters. The normalized spacial score (nSPS) is 22.0. The molecular formula is C24H28N6O2. The molecule has 0 amide bonds. The molecule has 1 saturated carbocycles. The molecule has 32 heavy (non-hydrogen) atoms. The van der Waals surface area contributed by atoms with Gasteiger partial charge >= 0.3 is 0 Å². The van der Waals surface area contributed by atoms with Crippen molar-refractivity contribution in [2.75, 3.05) is 31.6 Å². The second-order valence-electron chi connectivity index (χ2n) is 8.66. The maximum absolute atomic E-state index is 12.7. The van der Waals surface area contributed by atoms with Gasteiger partial charge in [-0.15, -0.1) is 0 Å². The van der Waals surface area contributed by atoms with Crippen LogP contribution in [0.5, 0.6) is 0 Å². The molecule has 2 N–H and O–H groups in total. The number of nitrogens with one attached hydrogen (secondary N) is 2. The van der Waals surface area contributed by atoms with E-state index in [4.69, 9.17) is 9.84 Å². The van der Waals surface area contributed by atoms with Crippen molar-refractivity contribution >= 4 is 22.4 Å². The number of hydrogen-bond donors (Lipinski definition) is 2. The summed E-state index contributed by atoms with van der Waals surface area (Å²) in [5, 5.41) is 18.4. The summed E-state index contributed by atoms with van der Waals surface area (Å²) in [7, 11) is 0. The summed E-state index contributed by atoms with van der Waals surface area (Å²) in [6.07, 6.45) is 5.56. The molecule has 1 aliphatic carbocycles. The largest absolute Gasteiger partial charge is 0.379 e. The van der Waals surface area contributed by atoms with Gasteiger partial charge in [-0.25, -0.2) is 0 Å². The van der Waals surface area contributed by atoms with E-state index in [1.807, 2.05) is 22.9 Å². The molecule has 166 valence electrons. The number of rotatable bonds is 5. The molecule has 3 aromatic rings. The predicted octanol–water partition coefficient (Wildman–Crippen LogP) is 3.56. The summed E-state index contributed by atoms with van der Waals surface area (Å²) in [5.74, 6) is 0.448. The van der Waals surface area contributed by atoms with Gasteiger partial charge in [0.05, 0.1) is 36.8 Å². The lowest BCUT2D eigenvalue weighted by Crippen LogP contribution is -2.35. The van der Waals surface area contributed by atoms with Crippen LogP contribution < -0.4 is 10.9 Å². The fraction of sp³-hybridized carbons (Fsp3) is 0.458. The highest BCUT2D eigenvalue weighted by molar-refractivity contribution is 5.91. The first kappa shape index (κ1) is 20.7. The molecule has 0 radical (unpaired) electrons. The van der Waals surface area contributed by atoms with Crippen molar-refractivity contribution in [2.24, 2.45) is 5.92 Å². The van der Waals surface area contributed by atoms with Crippen molar-refractivity contribution in [1.82, 2.24) is 19.7 Å². The van der Waals surface area contributed by atoms with Crippen molar-refractivity contribution in [3.8, 4) is 6.07 Å². The molecule has 2 aliphatic rings. The van der Waals surface area contributed by atoms with Crippen LogP contribution in [0.15, 0.2) is 41.3 Å². The molecule has 5 rings (SSSR count). The minimum atomic E-state index is -0.176. The van der Waals surface area contributed by atoms with Crippen molar-refractivity contribution in [3.05, 3.63) is 52.4 Å². The van der Waals surface area contributed by atoms with Crippen molar-refractivity contribution in [1.29, 1.82) is 5.26 Å². The van der Waals surface area contributed by atoms with Gasteiger partial charge in [-0.3, -0.25) is 14.4 Å². The maximum Gasteiger partial charge on any atom is 0.261 e. The summed E-state index contributed by atoms with van der Waals surface area (Å²) >= 11 is 0. The third-order valence-electron chi connectivity index (χ3n) is 6.54. The standard InChI is InChI=1S/C24H28N6O2/c25-15-18-5-1-2-7-20(18)30-21-8-9-26-24(31)22(21)23(28-30)27-19-6-3-4-17(14-19)16-29-10-12-32-13-11-29/h3-4,6,8-9,14,18,20H,1-2,5,7,10-13,16H2,(H,26,31)(H,27,28)/t18-,20+/m1/s1. The van der Waals surface area contributed by atoms with Gasteiger partial charge in [-0.1, -0.05) is 25.0 Å². The third-order valence-corrected chi connectivity index (χ3v) is 6.54. The van der Waals surface area contributed by atoms with E-state index >= 15 is 0 Å². The van der Waals surface area contributed by atoms with E-state index in [0.717, 1.165) is 69.7 Å². The molecule has 8 nitrogen and oxygen atoms in total. The van der Waals surface area contributed by atoms with E-state index in [1.54, 1.807) is 6.20 Å². The van der Waals surface area contributed by atoms with E-state index in [-0.39, 0.29) is 17.5 Å². The number of benzene rings is 1. The highest BCUT2D eigenvalue weighted by Gasteiger charge is 2.29. The summed E-state index contributed by atoms with van der Waals surface area (Å²) in [5.41, 5.74) is 2.69. The van der Waals surface area contributed by atoms with Gasteiger partial charge in [-0.05, 0) is 36.6 Å². The van der Waals surface area contributed by atoms with E-state index < -0.39 is 0 Å². The molecule has 1 aliphatic heterocycles. The average Bonchev–Trinajstić information content (AvgIpc) is 3.19. The molecule has 8 heteroatoms. The van der Waals surface area contributed by atoms with Crippen LogP contribution in [0.2, 0.25) is 0 Å². The lowest BCUT2D eigenvalue weighted by Gasteiger charge is -2.27. The Labute approximate surface area is 186 Å². The fourth-order valence-corrected chi connectivity index (χ4v) is 4.90. The van der Waals surface area contributed by atoms with Crippen molar-refractivity contribution in [3.63, 3.8) is 0 Å². The number of anilines is 2. The molecule has 1 aromatic carbocycles. The summed E-state index contributed by atoms with van der Waals surface area (Å²) in [6, 6.07) is 12.6. The second kappa shape index (κ2) is 9.15. The number of fused-ring (bicyclic) bond motifs is 1. The van der Waals surface area contributed by atoms with Gasteiger partial charge in [-0.2, -0.15) is 10.4 Å². The Kier molecular flexibility index (Phi) is 5.93. The first-order valence-electron chi connectivity index (χ1n) is 11.4. The first-order chi connectivity index (χ1) is 15.7. The Hall–Kier alpha value is -3.15. The molecule has 2 aromatic heterocycles. The number of ether oxygens (including phenoxy) is 1. The minimum absolute atomic E-state index is 0.0127. The Morgan fingerprint density at radius 1 is 1.22 bits per heavy atom. The smallest absolute Gasteiger partial charge is 0.261 e. The zero-order chi connectivity index (χ0) is 21.9. The van der Waals surface area contributed by atoms with Gasteiger partial charge in [0.2, 0.25) is 0 Å². The van der Waals surface area contributed by atoms with Gasteiger partial charge in [0, 0.05) is 31.5 Å². The number of nitrogens with zero attached hydrogens (tertiary/aromatic N) is 4. The zero-order valence-electron chi connectivity index (χ0n) is 18.1. The summed E-state index contributed by atoms with van der Waals surface area (Å²) < 4.78 is 7.34. The quantitative estimate of drug-likeness (QED) is 0.640. The number of hydrogen-bond acceptors (Lipinski definition) is 6. The number of pyridine rings is 1. The highest BCUT2D eigenvalue weighted by Crippen LogP contribution is 2.36. The van der Waals surface area contributed by atoms with Crippen LogP contribution >= 0.6 is 0 Å². The average molecular weight is 433 g/mol. The van der Waals surface area contributed by atoms with Gasteiger partial charge in [0.1, 0.15) is 5.39 Å². The van der Waals surface area contributed by atoms with Crippen LogP contribution in [0.3, 0.4) is 0 Å². The Morgan fingerprint density at radius 3 is 2.91 bits per heavy atom. The Balaban J connectivity index is 1.46. The van der Waals surface area contributed by atoms with Crippen molar-refractivity contribution < 1.29 is 4.74 Å². The van der Waals surface area contributed by atoms with E-state index in [0.29, 0.717) is 11.2 Å². The molecule has 2 atom stereocenters. The van der Waals surface area contributed by atoms with Crippen LogP contribution in [0, 0.1) is 17.2 Å². The molecule has 3 heterocycles. The van der Waals surface area contributed by atoms with Gasteiger partial charge < -0.3 is 15.0 Å². The Morgan fingerprint density at radius 2 is 2.06 bits per heavy atom. The predicted molar refractivity (Wildman–Crippen MR) is 123 cm³/mol. The zero-order valence-corrected chi connectivity index (χ0v) is 18.1. The SMILES string of the molecule is N#C[C@H]1CCCC[C@@H]1n1nc(Nc2cccc(CN3CCOCC3)c2)c2c(=O)[nH]ccc21. The van der Waals surface area contributed by atoms with Crippen LogP contribution in [0.4, 0.5) is 11.5 Å². The van der Waals surface area contributed by atoms with E-state index in [2.05, 4.69) is 33.4 Å². The molecule has 2 fully saturated rings. The number of H-pyrrole nitrogens is 1. The fourth-order valence-electron chi connectivity index (χ4n) is 4.90. The van der Waals surface area contributed by atoms with Crippen molar-refractivity contribution in [2.45, 2.75) is 38.3 Å². The maximum atomic E-state index is 12.7. The van der Waals surface area contributed by atoms with Gasteiger partial charge in [0.25, 0.3) is 5.56 Å². The van der Waals surface area contributed by atoms with Crippen LogP contribution in [0.1, 0.15) is 37.3 Å². The van der Waals surface area contributed by atoms with Crippen LogP contribution in [-0.2, 0) is 11.3 Å². The second-order valence-corrected chi connectivity index (χ2v) is 8.66. The number of morpholine rings is 1. The molecule has 0 bridgehead atoms. The van der Waals surface area contributed by atoms with Crippen LogP contribution in [-0.4, -0.2) is 46.0 Å². The Bertz CT molecular complexity index is 1190. The number of aromatic nitrogens is 3. The van der Waals surface area contributed by atoms with Gasteiger partial charge in [0.15, 0.2) is 5.82 Å². The van der Waals surface area contributed by atoms with Crippen LogP contribution in [0.25, 0.3) is 10.9 Å².